The Balaban J connectivity index is 2.68. The molecule has 0 amide bonds. The van der Waals surface area contributed by atoms with Gasteiger partial charge in [-0.15, -0.1) is 0 Å². The highest BCUT2D eigenvalue weighted by molar-refractivity contribution is 7.84. The highest BCUT2D eigenvalue weighted by Gasteiger charge is 2.40. The van der Waals surface area contributed by atoms with Gasteiger partial charge < -0.3 is 0 Å². The van der Waals surface area contributed by atoms with E-state index in [1.54, 1.807) is 0 Å². The second-order valence-corrected chi connectivity index (χ2v) is 8.68. The molecular formula is C18H17F7N2OS. The molecule has 0 aliphatic heterocycles. The van der Waals surface area contributed by atoms with E-state index in [0.29, 0.717) is 12.1 Å². The summed E-state index contributed by atoms with van der Waals surface area (Å²) in [7, 11) is -1.98. The SMILES string of the molecule is CC(C)(C[C@@H](c1ccc(C(F)(F)F)c(F)c1)c1ncccc1C(F)(F)F)S(N)=O. The van der Waals surface area contributed by atoms with Crippen molar-refractivity contribution in [3.63, 3.8) is 0 Å². The van der Waals surface area contributed by atoms with E-state index in [1.807, 2.05) is 0 Å². The third-order valence-electron chi connectivity index (χ3n) is 4.42. The van der Waals surface area contributed by atoms with Crippen LogP contribution in [0.4, 0.5) is 30.7 Å². The zero-order chi connectivity index (χ0) is 22.2. The predicted octanol–water partition coefficient (Wildman–Crippen LogP) is 5.18. The van der Waals surface area contributed by atoms with E-state index in [4.69, 9.17) is 5.14 Å². The number of benzene rings is 1. The molecule has 0 saturated carbocycles. The van der Waals surface area contributed by atoms with Crippen LogP contribution in [0, 0.1) is 5.82 Å². The number of aromatic nitrogens is 1. The van der Waals surface area contributed by atoms with E-state index < -0.39 is 56.6 Å². The van der Waals surface area contributed by atoms with Crippen LogP contribution in [0.15, 0.2) is 36.5 Å². The molecule has 11 heteroatoms. The van der Waals surface area contributed by atoms with E-state index in [1.165, 1.54) is 13.8 Å². The molecule has 0 fully saturated rings. The number of rotatable bonds is 5. The average molecular weight is 442 g/mol. The van der Waals surface area contributed by atoms with Crippen molar-refractivity contribution in [2.75, 3.05) is 0 Å². The second kappa shape index (κ2) is 8.02. The van der Waals surface area contributed by atoms with E-state index in [0.717, 1.165) is 24.4 Å². The highest BCUT2D eigenvalue weighted by Crippen LogP contribution is 2.41. The van der Waals surface area contributed by atoms with Gasteiger partial charge in [-0.3, -0.25) is 10.1 Å². The number of pyridine rings is 1. The summed E-state index contributed by atoms with van der Waals surface area (Å²) in [5.74, 6) is -2.93. The van der Waals surface area contributed by atoms with Gasteiger partial charge in [0.15, 0.2) is 0 Å². The third kappa shape index (κ3) is 5.33. The highest BCUT2D eigenvalue weighted by atomic mass is 32.2. The molecule has 0 aliphatic rings. The van der Waals surface area contributed by atoms with Gasteiger partial charge in [0.05, 0.1) is 32.6 Å². The summed E-state index contributed by atoms with van der Waals surface area (Å²) < 4.78 is 104. The van der Waals surface area contributed by atoms with Crippen LogP contribution in [0.2, 0.25) is 0 Å². The molecule has 160 valence electrons. The molecule has 29 heavy (non-hydrogen) atoms. The van der Waals surface area contributed by atoms with Crippen molar-refractivity contribution in [3.05, 3.63) is 64.7 Å². The van der Waals surface area contributed by atoms with Crippen molar-refractivity contribution >= 4 is 11.0 Å². The van der Waals surface area contributed by atoms with Crippen LogP contribution in [0.1, 0.15) is 48.6 Å². The van der Waals surface area contributed by atoms with Crippen molar-refractivity contribution in [2.45, 2.75) is 43.3 Å². The molecule has 1 aromatic heterocycles. The lowest BCUT2D eigenvalue weighted by molar-refractivity contribution is -0.140. The Hall–Kier alpha value is -2.01. The normalized spacial score (nSPS) is 15.2. The molecule has 0 spiro atoms. The minimum atomic E-state index is -4.96. The molecule has 2 aromatic rings. The van der Waals surface area contributed by atoms with Gasteiger partial charge >= 0.3 is 12.4 Å². The third-order valence-corrected chi connectivity index (χ3v) is 5.67. The molecule has 1 unspecified atom stereocenters. The molecular weight excluding hydrogens is 425 g/mol. The van der Waals surface area contributed by atoms with Crippen LogP contribution in [-0.2, 0) is 23.3 Å². The largest absolute Gasteiger partial charge is 0.419 e. The fourth-order valence-corrected chi connectivity index (χ4v) is 3.19. The fraction of sp³-hybridized carbons (Fsp3) is 0.389. The molecule has 0 saturated heterocycles. The maximum atomic E-state index is 14.1. The number of alkyl halides is 6. The topological polar surface area (TPSA) is 56.0 Å². The monoisotopic (exact) mass is 442 g/mol. The van der Waals surface area contributed by atoms with Gasteiger partial charge in [0.2, 0.25) is 0 Å². The van der Waals surface area contributed by atoms with Crippen LogP contribution in [0.5, 0.6) is 0 Å². The lowest BCUT2D eigenvalue weighted by Crippen LogP contribution is -2.34. The predicted molar refractivity (Wildman–Crippen MR) is 93.5 cm³/mol. The zero-order valence-electron chi connectivity index (χ0n) is 15.2. The van der Waals surface area contributed by atoms with Crippen molar-refractivity contribution in [3.8, 4) is 0 Å². The number of nitrogens with two attached hydrogens (primary N) is 1. The lowest BCUT2D eigenvalue weighted by Gasteiger charge is -2.29. The first-order valence-corrected chi connectivity index (χ1v) is 9.41. The van der Waals surface area contributed by atoms with Crippen molar-refractivity contribution in [2.24, 2.45) is 5.14 Å². The summed E-state index contributed by atoms with van der Waals surface area (Å²) in [6, 6.07) is 3.70. The zero-order valence-corrected chi connectivity index (χ0v) is 16.1. The Morgan fingerprint density at radius 3 is 2.10 bits per heavy atom. The Bertz CT molecular complexity index is 910. The van der Waals surface area contributed by atoms with E-state index in [9.17, 15) is 34.9 Å². The summed E-state index contributed by atoms with van der Waals surface area (Å²) >= 11 is 0. The number of halogens is 7. The second-order valence-electron chi connectivity index (χ2n) is 6.98. The van der Waals surface area contributed by atoms with Gasteiger partial charge in [0.1, 0.15) is 5.82 Å². The van der Waals surface area contributed by atoms with Crippen LogP contribution in [-0.4, -0.2) is 13.9 Å². The molecule has 1 aromatic carbocycles. The standard InChI is InChI=1S/C18H17F7N2OS/c1-16(2,29(26)28)9-11(15-13(18(23,24)25)4-3-7-27-15)10-5-6-12(14(19)8-10)17(20,21)22/h3-8,11H,9,26H2,1-2H3/t11-,29?/m0/s1. The molecule has 0 radical (unpaired) electrons. The summed E-state index contributed by atoms with van der Waals surface area (Å²) in [5.41, 5.74) is -3.35. The van der Waals surface area contributed by atoms with Gasteiger partial charge in [-0.05, 0) is 50.1 Å². The van der Waals surface area contributed by atoms with E-state index >= 15 is 0 Å². The first-order chi connectivity index (χ1) is 13.1. The number of hydrogen-bond donors (Lipinski definition) is 1. The van der Waals surface area contributed by atoms with Gasteiger partial charge in [0.25, 0.3) is 0 Å². The van der Waals surface area contributed by atoms with Gasteiger partial charge in [-0.1, -0.05) is 6.07 Å². The van der Waals surface area contributed by atoms with Crippen molar-refractivity contribution in [1.82, 2.24) is 4.98 Å². The first-order valence-electron chi connectivity index (χ1n) is 8.19. The van der Waals surface area contributed by atoms with E-state index in [2.05, 4.69) is 4.98 Å². The molecule has 2 atom stereocenters. The fourth-order valence-electron chi connectivity index (χ4n) is 2.86. The average Bonchev–Trinajstić information content (AvgIpc) is 2.57. The summed E-state index contributed by atoms with van der Waals surface area (Å²) in [5, 5.41) is 5.42. The minimum Gasteiger partial charge on any atom is -0.260 e. The molecule has 1 heterocycles. The van der Waals surface area contributed by atoms with Crippen LogP contribution in [0.3, 0.4) is 0 Å². The number of hydrogen-bond acceptors (Lipinski definition) is 2. The maximum absolute atomic E-state index is 14.1. The van der Waals surface area contributed by atoms with Crippen LogP contribution < -0.4 is 5.14 Å². The summed E-state index contributed by atoms with van der Waals surface area (Å²) in [4.78, 5) is 3.76. The molecule has 0 bridgehead atoms. The Morgan fingerprint density at radius 1 is 1.03 bits per heavy atom. The van der Waals surface area contributed by atoms with Gasteiger partial charge in [-0.2, -0.15) is 26.3 Å². The molecule has 0 aliphatic carbocycles. The van der Waals surface area contributed by atoms with Crippen molar-refractivity contribution < 1.29 is 34.9 Å². The van der Waals surface area contributed by atoms with Gasteiger partial charge in [0, 0.05) is 12.1 Å². The summed E-state index contributed by atoms with van der Waals surface area (Å²) in [6.07, 6.45) is -8.96. The quantitative estimate of drug-likeness (QED) is 0.649. The summed E-state index contributed by atoms with van der Waals surface area (Å²) in [6.45, 7) is 2.85. The minimum absolute atomic E-state index is 0.168. The Kier molecular flexibility index (Phi) is 6.43. The maximum Gasteiger partial charge on any atom is 0.419 e. The molecule has 2 rings (SSSR count). The van der Waals surface area contributed by atoms with Crippen molar-refractivity contribution in [1.29, 1.82) is 0 Å². The first kappa shape index (κ1) is 23.3. The van der Waals surface area contributed by atoms with Crippen LogP contribution in [0.25, 0.3) is 0 Å². The molecule has 2 N–H and O–H groups in total. The lowest BCUT2D eigenvalue weighted by atomic mass is 9.84. The van der Waals surface area contributed by atoms with Gasteiger partial charge in [-0.25, -0.2) is 8.60 Å². The molecule has 3 nitrogen and oxygen atoms in total. The van der Waals surface area contributed by atoms with Crippen LogP contribution >= 0.6 is 0 Å². The van der Waals surface area contributed by atoms with E-state index in [-0.39, 0.29) is 12.0 Å². The smallest absolute Gasteiger partial charge is 0.260 e. The number of nitrogens with zero attached hydrogens (tertiary/aromatic N) is 1. The Labute approximate surface area is 164 Å². The Morgan fingerprint density at radius 2 is 1.62 bits per heavy atom.